The molecular weight excluding hydrogens is 390 g/mol. The molecule has 0 radical (unpaired) electrons. The number of benzene rings is 3. The summed E-state index contributed by atoms with van der Waals surface area (Å²) in [7, 11) is 0. The first-order valence-electron chi connectivity index (χ1n) is 8.87. The van der Waals surface area contributed by atoms with Gasteiger partial charge in [-0.2, -0.15) is 10.2 Å². The van der Waals surface area contributed by atoms with E-state index < -0.39 is 10.9 Å². The lowest BCUT2D eigenvalue weighted by molar-refractivity contribution is -0.384. The van der Waals surface area contributed by atoms with Crippen LogP contribution < -0.4 is 9.47 Å². The summed E-state index contributed by atoms with van der Waals surface area (Å²) in [5, 5.41) is 27.4. The molecule has 3 rings (SSSR count). The van der Waals surface area contributed by atoms with Gasteiger partial charge in [-0.1, -0.05) is 0 Å². The molecule has 0 bridgehead atoms. The highest BCUT2D eigenvalue weighted by Gasteiger charge is 2.09. The lowest BCUT2D eigenvalue weighted by Gasteiger charge is -2.07. The molecule has 0 saturated heterocycles. The van der Waals surface area contributed by atoms with Crippen LogP contribution in [0.1, 0.15) is 10.4 Å². The third-order valence-electron chi connectivity index (χ3n) is 3.84. The van der Waals surface area contributed by atoms with Crippen LogP contribution >= 0.6 is 0 Å². The summed E-state index contributed by atoms with van der Waals surface area (Å²) in [5.41, 5.74) is 1.29. The van der Waals surface area contributed by atoms with Crippen LogP contribution in [0.3, 0.4) is 0 Å². The van der Waals surface area contributed by atoms with Gasteiger partial charge in [-0.3, -0.25) is 10.1 Å². The number of rotatable bonds is 8. The quantitative estimate of drug-likeness (QED) is 0.191. The number of aliphatic hydroxyl groups excluding tert-OH is 1. The third-order valence-corrected chi connectivity index (χ3v) is 3.84. The summed E-state index contributed by atoms with van der Waals surface area (Å²) >= 11 is 0. The Morgan fingerprint density at radius 3 is 1.93 bits per heavy atom. The Morgan fingerprint density at radius 1 is 0.867 bits per heavy atom. The maximum atomic E-state index is 12.3. The number of hydrogen-bond donors (Lipinski definition) is 1. The van der Waals surface area contributed by atoms with E-state index in [-0.39, 0.29) is 18.9 Å². The number of aliphatic hydroxyl groups is 1. The van der Waals surface area contributed by atoms with Crippen molar-refractivity contribution in [2.45, 2.75) is 0 Å². The first-order valence-corrected chi connectivity index (χ1v) is 8.87. The van der Waals surface area contributed by atoms with Crippen molar-refractivity contribution < 1.29 is 24.3 Å². The summed E-state index contributed by atoms with van der Waals surface area (Å²) in [5.74, 6) is 0.391. The van der Waals surface area contributed by atoms with Gasteiger partial charge in [0.25, 0.3) is 5.69 Å². The van der Waals surface area contributed by atoms with Crippen LogP contribution in [0.2, 0.25) is 0 Å². The van der Waals surface area contributed by atoms with Crippen molar-refractivity contribution in [2.75, 3.05) is 13.2 Å². The van der Waals surface area contributed by atoms with Crippen LogP contribution in [0.4, 0.5) is 17.1 Å². The van der Waals surface area contributed by atoms with Gasteiger partial charge in [0, 0.05) is 12.1 Å². The highest BCUT2D eigenvalue weighted by Crippen LogP contribution is 2.22. The van der Waals surface area contributed by atoms with Crippen molar-refractivity contribution in [2.24, 2.45) is 10.2 Å². The second-order valence-electron chi connectivity index (χ2n) is 5.95. The van der Waals surface area contributed by atoms with E-state index in [2.05, 4.69) is 10.2 Å². The number of nitrogens with zero attached hydrogens (tertiary/aromatic N) is 3. The van der Waals surface area contributed by atoms with Crippen molar-refractivity contribution in [3.63, 3.8) is 0 Å². The Balaban J connectivity index is 1.59. The van der Waals surface area contributed by atoms with E-state index in [1.807, 2.05) is 0 Å². The number of non-ortho nitro benzene ring substituents is 1. The van der Waals surface area contributed by atoms with Gasteiger partial charge in [0.2, 0.25) is 0 Å². The van der Waals surface area contributed by atoms with Crippen LogP contribution in [-0.4, -0.2) is 29.2 Å². The summed E-state index contributed by atoms with van der Waals surface area (Å²) in [6.07, 6.45) is 0. The smallest absolute Gasteiger partial charge is 0.343 e. The SMILES string of the molecule is O=C(Oc1ccc(OCCO)cc1)c1ccc(N=Nc2ccc([N+](=O)[O-])cc2)cc1. The van der Waals surface area contributed by atoms with Gasteiger partial charge in [-0.05, 0) is 60.7 Å². The summed E-state index contributed by atoms with van der Waals surface area (Å²) in [6.45, 7) is 0.104. The molecule has 0 spiro atoms. The number of ether oxygens (including phenoxy) is 2. The van der Waals surface area contributed by atoms with E-state index >= 15 is 0 Å². The summed E-state index contributed by atoms with van der Waals surface area (Å²) < 4.78 is 10.6. The van der Waals surface area contributed by atoms with Crippen molar-refractivity contribution in [3.05, 3.63) is 88.5 Å². The molecule has 0 aromatic heterocycles. The van der Waals surface area contributed by atoms with E-state index in [1.54, 1.807) is 48.5 Å². The molecule has 30 heavy (non-hydrogen) atoms. The predicted octanol–water partition coefficient (Wildman–Crippen LogP) is 4.60. The fraction of sp³-hybridized carbons (Fsp3) is 0.0952. The zero-order valence-corrected chi connectivity index (χ0v) is 15.7. The first-order chi connectivity index (χ1) is 14.5. The monoisotopic (exact) mass is 407 g/mol. The number of nitro benzene ring substituents is 1. The van der Waals surface area contributed by atoms with E-state index in [0.717, 1.165) is 0 Å². The maximum absolute atomic E-state index is 12.3. The zero-order chi connectivity index (χ0) is 21.3. The molecule has 0 fully saturated rings. The fourth-order valence-corrected chi connectivity index (χ4v) is 2.35. The Labute approximate surface area is 171 Å². The lowest BCUT2D eigenvalue weighted by atomic mass is 10.2. The second-order valence-corrected chi connectivity index (χ2v) is 5.95. The van der Waals surface area contributed by atoms with Gasteiger partial charge < -0.3 is 14.6 Å². The average molecular weight is 407 g/mol. The van der Waals surface area contributed by atoms with Crippen LogP contribution in [0.25, 0.3) is 0 Å². The van der Waals surface area contributed by atoms with Gasteiger partial charge in [0.15, 0.2) is 0 Å². The third kappa shape index (κ3) is 5.69. The van der Waals surface area contributed by atoms with Gasteiger partial charge in [0.05, 0.1) is 28.5 Å². The molecule has 3 aromatic rings. The van der Waals surface area contributed by atoms with E-state index in [4.69, 9.17) is 14.6 Å². The molecule has 152 valence electrons. The highest BCUT2D eigenvalue weighted by molar-refractivity contribution is 5.91. The normalized spacial score (nSPS) is 10.7. The minimum absolute atomic E-state index is 0.0239. The predicted molar refractivity (Wildman–Crippen MR) is 108 cm³/mol. The van der Waals surface area contributed by atoms with Crippen molar-refractivity contribution >= 4 is 23.0 Å². The molecule has 0 atom stereocenters. The number of carbonyl (C=O) groups excluding carboxylic acids is 1. The minimum Gasteiger partial charge on any atom is -0.491 e. The molecule has 0 heterocycles. The van der Waals surface area contributed by atoms with Gasteiger partial charge in [0.1, 0.15) is 18.1 Å². The van der Waals surface area contributed by atoms with Crippen LogP contribution in [0, 0.1) is 10.1 Å². The number of carbonyl (C=O) groups is 1. The molecule has 0 aliphatic rings. The van der Waals surface area contributed by atoms with E-state index in [1.165, 1.54) is 24.3 Å². The fourth-order valence-electron chi connectivity index (χ4n) is 2.35. The Hall–Kier alpha value is -4.11. The number of esters is 1. The number of azo groups is 1. The molecule has 3 aromatic carbocycles. The van der Waals surface area contributed by atoms with Crippen molar-refractivity contribution in [1.82, 2.24) is 0 Å². The number of nitro groups is 1. The Kier molecular flexibility index (Phi) is 6.80. The Bertz CT molecular complexity index is 1030. The average Bonchev–Trinajstić information content (AvgIpc) is 2.78. The number of hydrogen-bond acceptors (Lipinski definition) is 8. The first kappa shape index (κ1) is 20.6. The van der Waals surface area contributed by atoms with E-state index in [9.17, 15) is 14.9 Å². The van der Waals surface area contributed by atoms with E-state index in [0.29, 0.717) is 28.4 Å². The molecular formula is C21H17N3O6. The highest BCUT2D eigenvalue weighted by atomic mass is 16.6. The van der Waals surface area contributed by atoms with Gasteiger partial charge >= 0.3 is 5.97 Å². The lowest BCUT2D eigenvalue weighted by Crippen LogP contribution is -2.08. The zero-order valence-electron chi connectivity index (χ0n) is 15.7. The minimum atomic E-state index is -0.530. The molecule has 0 aliphatic heterocycles. The molecule has 0 unspecified atom stereocenters. The van der Waals surface area contributed by atoms with Crippen molar-refractivity contribution in [3.8, 4) is 11.5 Å². The molecule has 0 saturated carbocycles. The van der Waals surface area contributed by atoms with Crippen LogP contribution in [-0.2, 0) is 0 Å². The second kappa shape index (κ2) is 9.89. The largest absolute Gasteiger partial charge is 0.491 e. The van der Waals surface area contributed by atoms with Crippen LogP contribution in [0.5, 0.6) is 11.5 Å². The molecule has 0 aliphatic carbocycles. The topological polar surface area (TPSA) is 124 Å². The molecule has 0 amide bonds. The Morgan fingerprint density at radius 2 is 1.40 bits per heavy atom. The van der Waals surface area contributed by atoms with Gasteiger partial charge in [-0.15, -0.1) is 0 Å². The molecule has 9 heteroatoms. The standard InChI is InChI=1S/C21H17N3O6/c25-13-14-29-19-9-11-20(12-10-19)30-21(26)15-1-3-16(4-2-15)22-23-17-5-7-18(8-6-17)24(27)28/h1-12,25H,13-14H2. The summed E-state index contributed by atoms with van der Waals surface area (Å²) in [4.78, 5) is 22.4. The van der Waals surface area contributed by atoms with Crippen molar-refractivity contribution in [1.29, 1.82) is 0 Å². The van der Waals surface area contributed by atoms with Gasteiger partial charge in [-0.25, -0.2) is 4.79 Å². The molecule has 9 nitrogen and oxygen atoms in total. The van der Waals surface area contributed by atoms with Crippen LogP contribution in [0.15, 0.2) is 83.0 Å². The maximum Gasteiger partial charge on any atom is 0.343 e. The molecule has 1 N–H and O–H groups in total. The summed E-state index contributed by atoms with van der Waals surface area (Å²) in [6, 6.07) is 18.5.